The molecule has 2 aromatic carbocycles. The Morgan fingerprint density at radius 2 is 1.89 bits per heavy atom. The van der Waals surface area contributed by atoms with E-state index in [1.807, 2.05) is 0 Å². The molecule has 0 unspecified atom stereocenters. The maximum Gasteiger partial charge on any atom is 0.187 e. The van der Waals surface area contributed by atoms with E-state index in [-0.39, 0.29) is 11.6 Å². The van der Waals surface area contributed by atoms with Crippen molar-refractivity contribution >= 4 is 35.1 Å². The summed E-state index contributed by atoms with van der Waals surface area (Å²) in [5.74, 6) is -0.606. The molecule has 0 fully saturated rings. The van der Waals surface area contributed by atoms with Crippen molar-refractivity contribution in [3.63, 3.8) is 0 Å². The molecule has 0 heterocycles. The van der Waals surface area contributed by atoms with Crippen LogP contribution in [0.15, 0.2) is 48.5 Å². The second-order valence-corrected chi connectivity index (χ2v) is 4.72. The zero-order valence-electron chi connectivity index (χ0n) is 9.74. The molecule has 0 aliphatic heterocycles. The van der Waals surface area contributed by atoms with E-state index in [9.17, 15) is 9.18 Å². The first kappa shape index (κ1) is 13.8. The molecule has 0 saturated carbocycles. The van der Waals surface area contributed by atoms with Crippen molar-refractivity contribution in [2.24, 2.45) is 0 Å². The van der Waals surface area contributed by atoms with Gasteiger partial charge in [-0.05, 0) is 42.0 Å². The molecule has 1 nitrogen and oxygen atoms in total. The van der Waals surface area contributed by atoms with E-state index in [0.717, 1.165) is 0 Å². The van der Waals surface area contributed by atoms with Gasteiger partial charge in [-0.2, -0.15) is 0 Å². The van der Waals surface area contributed by atoms with Crippen LogP contribution in [0, 0.1) is 5.82 Å². The lowest BCUT2D eigenvalue weighted by Gasteiger charge is -2.00. The summed E-state index contributed by atoms with van der Waals surface area (Å²) in [5, 5.41) is 0.761. The Labute approximate surface area is 120 Å². The van der Waals surface area contributed by atoms with Crippen LogP contribution in [0.5, 0.6) is 0 Å². The molecule has 0 amide bonds. The van der Waals surface area contributed by atoms with E-state index in [4.69, 9.17) is 23.2 Å². The average Bonchev–Trinajstić information content (AvgIpc) is 2.36. The first-order valence-corrected chi connectivity index (χ1v) is 6.25. The molecule has 0 radical (unpaired) electrons. The first-order valence-electron chi connectivity index (χ1n) is 5.49. The number of hydrogen-bond acceptors (Lipinski definition) is 1. The van der Waals surface area contributed by atoms with E-state index in [1.54, 1.807) is 24.3 Å². The minimum absolute atomic E-state index is 0.258. The lowest BCUT2D eigenvalue weighted by molar-refractivity contribution is 0.104. The number of carbonyl (C=O) groups is 1. The summed E-state index contributed by atoms with van der Waals surface area (Å²) in [5.41, 5.74) is 0.970. The summed E-state index contributed by atoms with van der Waals surface area (Å²) in [6, 6.07) is 10.6. The Balaban J connectivity index is 2.21. The van der Waals surface area contributed by atoms with Gasteiger partial charge in [0.15, 0.2) is 5.78 Å². The van der Waals surface area contributed by atoms with Crippen molar-refractivity contribution in [2.45, 2.75) is 0 Å². The highest BCUT2D eigenvalue weighted by molar-refractivity contribution is 6.37. The lowest BCUT2D eigenvalue weighted by Crippen LogP contribution is -1.95. The number of rotatable bonds is 3. The highest BCUT2D eigenvalue weighted by atomic mass is 35.5. The van der Waals surface area contributed by atoms with Gasteiger partial charge in [-0.1, -0.05) is 41.4 Å². The maximum atomic E-state index is 13.0. The molecular weight excluding hydrogens is 286 g/mol. The Morgan fingerprint density at radius 3 is 2.58 bits per heavy atom. The van der Waals surface area contributed by atoms with Gasteiger partial charge in [-0.25, -0.2) is 4.39 Å². The van der Waals surface area contributed by atoms with Crippen molar-refractivity contribution in [3.8, 4) is 0 Å². The molecular formula is C15H9Cl2FO. The minimum atomic E-state index is -0.348. The van der Waals surface area contributed by atoms with Crippen LogP contribution in [0.25, 0.3) is 6.08 Å². The topological polar surface area (TPSA) is 17.1 Å². The second kappa shape index (κ2) is 6.00. The molecule has 0 aromatic heterocycles. The normalized spacial score (nSPS) is 10.9. The first-order chi connectivity index (χ1) is 9.06. The molecule has 0 aliphatic carbocycles. The van der Waals surface area contributed by atoms with Crippen molar-refractivity contribution in [1.29, 1.82) is 0 Å². The minimum Gasteiger partial charge on any atom is -0.289 e. The predicted molar refractivity (Wildman–Crippen MR) is 76.2 cm³/mol. The van der Waals surface area contributed by atoms with Crippen molar-refractivity contribution < 1.29 is 9.18 Å². The second-order valence-electron chi connectivity index (χ2n) is 3.88. The molecule has 0 atom stereocenters. The summed E-state index contributed by atoms with van der Waals surface area (Å²) in [6.07, 6.45) is 2.89. The molecule has 0 saturated heterocycles. The third kappa shape index (κ3) is 3.66. The summed E-state index contributed by atoms with van der Waals surface area (Å²) in [4.78, 5) is 11.9. The predicted octanol–water partition coefficient (Wildman–Crippen LogP) is 5.03. The summed E-state index contributed by atoms with van der Waals surface area (Å²) < 4.78 is 13.0. The fourth-order valence-electron chi connectivity index (χ4n) is 1.56. The van der Waals surface area contributed by atoms with Crippen LogP contribution in [0.3, 0.4) is 0 Å². The fourth-order valence-corrected chi connectivity index (χ4v) is 2.06. The summed E-state index contributed by atoms with van der Waals surface area (Å²) in [6.45, 7) is 0. The molecule has 0 spiro atoms. The van der Waals surface area contributed by atoms with E-state index in [0.29, 0.717) is 21.2 Å². The maximum absolute atomic E-state index is 13.0. The zero-order chi connectivity index (χ0) is 13.8. The zero-order valence-corrected chi connectivity index (χ0v) is 11.3. The Kier molecular flexibility index (Phi) is 4.35. The van der Waals surface area contributed by atoms with Crippen LogP contribution in [0.4, 0.5) is 4.39 Å². The van der Waals surface area contributed by atoms with Crippen LogP contribution in [-0.4, -0.2) is 5.78 Å². The largest absolute Gasteiger partial charge is 0.289 e. The van der Waals surface area contributed by atoms with Gasteiger partial charge in [0.25, 0.3) is 0 Å². The highest BCUT2D eigenvalue weighted by Crippen LogP contribution is 2.21. The van der Waals surface area contributed by atoms with Gasteiger partial charge in [0.1, 0.15) is 5.82 Å². The van der Waals surface area contributed by atoms with Crippen molar-refractivity contribution in [3.05, 3.63) is 75.5 Å². The molecule has 0 aliphatic rings. The van der Waals surface area contributed by atoms with Gasteiger partial charge in [-0.3, -0.25) is 4.79 Å². The summed E-state index contributed by atoms with van der Waals surface area (Å²) >= 11 is 11.7. The van der Waals surface area contributed by atoms with Crippen LogP contribution >= 0.6 is 23.2 Å². The standard InChI is InChI=1S/C15H9Cl2FO/c16-11-5-6-13(14(17)9-11)15(19)7-4-10-2-1-3-12(18)8-10/h1-9H. The van der Waals surface area contributed by atoms with Gasteiger partial charge < -0.3 is 0 Å². The van der Waals surface area contributed by atoms with Crippen LogP contribution in [0.1, 0.15) is 15.9 Å². The number of hydrogen-bond donors (Lipinski definition) is 0. The van der Waals surface area contributed by atoms with Crippen LogP contribution < -0.4 is 0 Å². The Morgan fingerprint density at radius 1 is 1.11 bits per heavy atom. The van der Waals surface area contributed by atoms with E-state index >= 15 is 0 Å². The monoisotopic (exact) mass is 294 g/mol. The molecule has 2 rings (SSSR count). The molecule has 4 heteroatoms. The smallest absolute Gasteiger partial charge is 0.187 e. The van der Waals surface area contributed by atoms with Crippen molar-refractivity contribution in [2.75, 3.05) is 0 Å². The quantitative estimate of drug-likeness (QED) is 0.573. The van der Waals surface area contributed by atoms with Gasteiger partial charge in [0, 0.05) is 10.6 Å². The number of ketones is 1. The summed E-state index contributed by atoms with van der Waals surface area (Å²) in [7, 11) is 0. The number of allylic oxidation sites excluding steroid dienone is 1. The number of halogens is 3. The SMILES string of the molecule is O=C(C=Cc1cccc(F)c1)c1ccc(Cl)cc1Cl. The van der Waals surface area contributed by atoms with Crippen molar-refractivity contribution in [1.82, 2.24) is 0 Å². The fraction of sp³-hybridized carbons (Fsp3) is 0. The van der Waals surface area contributed by atoms with E-state index in [2.05, 4.69) is 0 Å². The number of benzene rings is 2. The van der Waals surface area contributed by atoms with Gasteiger partial charge in [-0.15, -0.1) is 0 Å². The van der Waals surface area contributed by atoms with E-state index in [1.165, 1.54) is 30.4 Å². The van der Waals surface area contributed by atoms with Crippen LogP contribution in [0.2, 0.25) is 10.0 Å². The highest BCUT2D eigenvalue weighted by Gasteiger charge is 2.07. The van der Waals surface area contributed by atoms with Gasteiger partial charge in [0.2, 0.25) is 0 Å². The van der Waals surface area contributed by atoms with Crippen LogP contribution in [-0.2, 0) is 0 Å². The molecule has 2 aromatic rings. The number of carbonyl (C=O) groups excluding carboxylic acids is 1. The average molecular weight is 295 g/mol. The molecule has 96 valence electrons. The molecule has 19 heavy (non-hydrogen) atoms. The Hall–Kier alpha value is -1.64. The Bertz CT molecular complexity index is 650. The van der Waals surface area contributed by atoms with Gasteiger partial charge in [0.05, 0.1) is 5.02 Å². The molecule has 0 bridgehead atoms. The lowest BCUT2D eigenvalue weighted by atomic mass is 10.1. The molecule has 0 N–H and O–H groups in total. The third-order valence-electron chi connectivity index (χ3n) is 2.47. The van der Waals surface area contributed by atoms with E-state index < -0.39 is 0 Å². The van der Waals surface area contributed by atoms with Gasteiger partial charge >= 0.3 is 0 Å². The third-order valence-corrected chi connectivity index (χ3v) is 3.02.